The van der Waals surface area contributed by atoms with Crippen molar-refractivity contribution in [3.8, 4) is 11.4 Å². The van der Waals surface area contributed by atoms with Crippen LogP contribution in [-0.4, -0.2) is 81.1 Å². The summed E-state index contributed by atoms with van der Waals surface area (Å²) in [6, 6.07) is 7.96. The number of nitrogens with one attached hydrogen (secondary N) is 1. The van der Waals surface area contributed by atoms with Gasteiger partial charge >= 0.3 is 0 Å². The maximum Gasteiger partial charge on any atom is 0.211 e. The molecular weight excluding hydrogens is 552 g/mol. The summed E-state index contributed by atoms with van der Waals surface area (Å²) in [4.78, 5) is 15.9. The lowest BCUT2D eigenvalue weighted by Crippen LogP contribution is -2.65. The summed E-state index contributed by atoms with van der Waals surface area (Å²) in [6.07, 6.45) is 6.44. The molecule has 0 aliphatic carbocycles. The van der Waals surface area contributed by atoms with E-state index < -0.39 is 10.0 Å². The lowest BCUT2D eigenvalue weighted by Gasteiger charge is -2.51. The van der Waals surface area contributed by atoms with E-state index in [0.717, 1.165) is 16.5 Å². The molecule has 0 amide bonds. The SMILES string of the molecule is CC(C)c1ccc(N2C[C@H](N(C)S(C)(=O)=O)[C@H]2C)c2cnc(Nc3ccnc(-c4cn(CCO)nc4Cl)n3)cc12. The van der Waals surface area contributed by atoms with Crippen LogP contribution in [0.2, 0.25) is 5.15 Å². The number of nitrogens with zero attached hydrogens (tertiary/aromatic N) is 7. The summed E-state index contributed by atoms with van der Waals surface area (Å²) in [5, 5.41) is 19.0. The zero-order chi connectivity index (χ0) is 28.8. The summed E-state index contributed by atoms with van der Waals surface area (Å²) in [7, 11) is -1.63. The second kappa shape index (κ2) is 10.9. The van der Waals surface area contributed by atoms with E-state index in [1.165, 1.54) is 16.1 Å². The number of halogens is 1. The van der Waals surface area contributed by atoms with E-state index in [-0.39, 0.29) is 29.8 Å². The fraction of sp³-hybridized carbons (Fsp3) is 0.407. The Hall–Kier alpha value is -3.32. The van der Waals surface area contributed by atoms with Crippen molar-refractivity contribution < 1.29 is 13.5 Å². The van der Waals surface area contributed by atoms with Gasteiger partial charge in [-0.2, -0.15) is 9.40 Å². The van der Waals surface area contributed by atoms with Crippen LogP contribution in [0.1, 0.15) is 32.3 Å². The number of pyridine rings is 1. The zero-order valence-electron chi connectivity index (χ0n) is 23.1. The van der Waals surface area contributed by atoms with Gasteiger partial charge in [0, 0.05) is 49.3 Å². The molecule has 13 heteroatoms. The smallest absolute Gasteiger partial charge is 0.211 e. The maximum absolute atomic E-state index is 12.1. The minimum atomic E-state index is -3.27. The van der Waals surface area contributed by atoms with Crippen molar-refractivity contribution in [2.75, 3.05) is 36.7 Å². The van der Waals surface area contributed by atoms with Crippen LogP contribution in [0.5, 0.6) is 0 Å². The maximum atomic E-state index is 12.1. The first-order chi connectivity index (χ1) is 19.0. The summed E-state index contributed by atoms with van der Waals surface area (Å²) < 4.78 is 27.2. The molecule has 40 heavy (non-hydrogen) atoms. The van der Waals surface area contributed by atoms with Gasteiger partial charge in [-0.1, -0.05) is 31.5 Å². The molecule has 0 bridgehead atoms. The van der Waals surface area contributed by atoms with Crippen LogP contribution < -0.4 is 10.2 Å². The number of anilines is 3. The monoisotopic (exact) mass is 584 g/mol. The van der Waals surface area contributed by atoms with E-state index in [4.69, 9.17) is 16.6 Å². The molecule has 0 radical (unpaired) electrons. The van der Waals surface area contributed by atoms with Gasteiger partial charge in [0.2, 0.25) is 10.0 Å². The number of hydrogen-bond donors (Lipinski definition) is 2. The topological polar surface area (TPSA) is 129 Å². The third kappa shape index (κ3) is 5.36. The highest BCUT2D eigenvalue weighted by Gasteiger charge is 2.41. The zero-order valence-corrected chi connectivity index (χ0v) is 24.6. The van der Waals surface area contributed by atoms with Crippen LogP contribution in [0.15, 0.2) is 42.9 Å². The number of hydrogen-bond acceptors (Lipinski definition) is 9. The summed E-state index contributed by atoms with van der Waals surface area (Å²) >= 11 is 6.29. The van der Waals surface area contributed by atoms with Gasteiger partial charge < -0.3 is 15.3 Å². The highest BCUT2D eigenvalue weighted by atomic mass is 35.5. The number of sulfonamides is 1. The van der Waals surface area contributed by atoms with Crippen LogP contribution in [0, 0.1) is 0 Å². The van der Waals surface area contributed by atoms with Crippen molar-refractivity contribution in [3.63, 3.8) is 0 Å². The fourth-order valence-electron chi connectivity index (χ4n) is 5.10. The lowest BCUT2D eigenvalue weighted by molar-refractivity contribution is 0.251. The molecule has 11 nitrogen and oxygen atoms in total. The lowest BCUT2D eigenvalue weighted by atomic mass is 9.92. The first-order valence-electron chi connectivity index (χ1n) is 13.0. The quantitative estimate of drug-likeness (QED) is 0.301. The molecule has 1 saturated heterocycles. The molecule has 0 spiro atoms. The number of rotatable bonds is 9. The number of fused-ring (bicyclic) bond motifs is 1. The van der Waals surface area contributed by atoms with Gasteiger partial charge in [-0.25, -0.2) is 23.4 Å². The number of likely N-dealkylation sites (N-methyl/N-ethyl adjacent to an activating group) is 1. The van der Waals surface area contributed by atoms with E-state index in [2.05, 4.69) is 51.3 Å². The van der Waals surface area contributed by atoms with E-state index in [9.17, 15) is 13.5 Å². The van der Waals surface area contributed by atoms with Gasteiger partial charge in [0.25, 0.3) is 0 Å². The predicted molar refractivity (Wildman–Crippen MR) is 158 cm³/mol. The Kier molecular flexibility index (Phi) is 7.71. The third-order valence-corrected chi connectivity index (χ3v) is 9.06. The standard InChI is InChI=1S/C27H33ClN8O3S/c1-16(2)18-6-7-22(36-15-23(17(36)3)34(4)40(5,38)39)20-13-30-25(12-19(18)20)31-24-8-9-29-27(32-24)21-14-35(10-11-37)33-26(21)28/h6-9,12-14,16-17,23,37H,10-11,15H2,1-5H3,(H,29,30,31,32)/t17-,23+/m1/s1. The van der Waals surface area contributed by atoms with Gasteiger partial charge in [0.15, 0.2) is 11.0 Å². The van der Waals surface area contributed by atoms with E-state index >= 15 is 0 Å². The number of aromatic nitrogens is 5. The summed E-state index contributed by atoms with van der Waals surface area (Å²) in [5.74, 6) is 1.87. The molecular formula is C27H33ClN8O3S. The number of benzene rings is 1. The molecule has 4 aromatic rings. The fourth-order valence-corrected chi connectivity index (χ4v) is 6.06. The van der Waals surface area contributed by atoms with Crippen LogP contribution in [0.3, 0.4) is 0 Å². The highest BCUT2D eigenvalue weighted by molar-refractivity contribution is 7.88. The molecule has 0 saturated carbocycles. The summed E-state index contributed by atoms with van der Waals surface area (Å²) in [6.45, 7) is 7.24. The number of aliphatic hydroxyl groups excluding tert-OH is 1. The Balaban J connectivity index is 1.45. The predicted octanol–water partition coefficient (Wildman–Crippen LogP) is 3.87. The second-order valence-electron chi connectivity index (χ2n) is 10.4. The van der Waals surface area contributed by atoms with Crippen LogP contribution >= 0.6 is 11.6 Å². The van der Waals surface area contributed by atoms with Gasteiger partial charge in [-0.05, 0) is 42.0 Å². The molecule has 1 fully saturated rings. The van der Waals surface area contributed by atoms with Gasteiger partial charge in [0.1, 0.15) is 11.6 Å². The molecule has 2 N–H and O–H groups in total. The minimum Gasteiger partial charge on any atom is -0.394 e. The molecule has 1 aromatic carbocycles. The van der Waals surface area contributed by atoms with Crippen molar-refractivity contribution in [1.82, 2.24) is 29.0 Å². The van der Waals surface area contributed by atoms with E-state index in [0.29, 0.717) is 36.1 Å². The van der Waals surface area contributed by atoms with Gasteiger partial charge in [0.05, 0.1) is 31.0 Å². The highest BCUT2D eigenvalue weighted by Crippen LogP contribution is 2.39. The van der Waals surface area contributed by atoms with Crippen molar-refractivity contribution in [1.29, 1.82) is 0 Å². The van der Waals surface area contributed by atoms with Crippen LogP contribution in [-0.2, 0) is 16.6 Å². The van der Waals surface area contributed by atoms with Crippen molar-refractivity contribution in [2.45, 2.75) is 45.3 Å². The molecule has 5 rings (SSSR count). The molecule has 4 heterocycles. The second-order valence-corrected chi connectivity index (χ2v) is 12.8. The van der Waals surface area contributed by atoms with Crippen molar-refractivity contribution >= 4 is 49.7 Å². The molecule has 2 atom stereocenters. The Bertz CT molecular complexity index is 1660. The molecule has 1 aliphatic rings. The average molecular weight is 585 g/mol. The Morgan fingerprint density at radius 3 is 2.65 bits per heavy atom. The first kappa shape index (κ1) is 28.2. The Morgan fingerprint density at radius 2 is 1.98 bits per heavy atom. The van der Waals surface area contributed by atoms with Gasteiger partial charge in [-0.3, -0.25) is 4.68 Å². The van der Waals surface area contributed by atoms with Gasteiger partial charge in [-0.15, -0.1) is 0 Å². The number of aliphatic hydroxyl groups is 1. The van der Waals surface area contributed by atoms with Crippen molar-refractivity contribution in [2.24, 2.45) is 0 Å². The molecule has 3 aromatic heterocycles. The van der Waals surface area contributed by atoms with E-state index in [1.807, 2.05) is 19.2 Å². The van der Waals surface area contributed by atoms with Crippen molar-refractivity contribution in [3.05, 3.63) is 53.6 Å². The van der Waals surface area contributed by atoms with E-state index in [1.54, 1.807) is 30.2 Å². The Morgan fingerprint density at radius 1 is 1.20 bits per heavy atom. The third-order valence-electron chi connectivity index (χ3n) is 7.46. The minimum absolute atomic E-state index is 0.0265. The summed E-state index contributed by atoms with van der Waals surface area (Å²) in [5.41, 5.74) is 2.79. The van der Waals surface area contributed by atoms with Crippen LogP contribution in [0.25, 0.3) is 22.2 Å². The first-order valence-corrected chi connectivity index (χ1v) is 15.3. The largest absolute Gasteiger partial charge is 0.394 e. The molecule has 0 unspecified atom stereocenters. The Labute approximate surface area is 238 Å². The molecule has 212 valence electrons. The van der Waals surface area contributed by atoms with Crippen LogP contribution in [0.4, 0.5) is 17.3 Å². The molecule has 1 aliphatic heterocycles. The average Bonchev–Trinajstić information content (AvgIpc) is 3.27. The normalized spacial score (nSPS) is 17.6.